The molecule has 0 spiro atoms. The molecule has 0 aromatic heterocycles. The normalized spacial score (nSPS) is 18.7. The Bertz CT molecular complexity index is 490. The SMILES string of the molecule is FC(F)(F)C(F)(F)C(F)(F)C(F)(F)CCCCCCCCCCCCOC1CCCO1. The molecule has 186 valence electrons. The summed E-state index contributed by atoms with van der Waals surface area (Å²) < 4.78 is 126. The summed E-state index contributed by atoms with van der Waals surface area (Å²) in [6, 6.07) is 0. The Balaban J connectivity index is 2.04. The molecule has 1 rings (SSSR count). The molecule has 11 heteroatoms. The van der Waals surface area contributed by atoms with Crippen LogP contribution in [-0.4, -0.2) is 43.4 Å². The third kappa shape index (κ3) is 8.63. The second-order valence-corrected chi connectivity index (χ2v) is 7.95. The summed E-state index contributed by atoms with van der Waals surface area (Å²) in [6.45, 7) is 1.40. The molecule has 31 heavy (non-hydrogen) atoms. The van der Waals surface area contributed by atoms with Gasteiger partial charge in [0, 0.05) is 26.1 Å². The summed E-state index contributed by atoms with van der Waals surface area (Å²) in [5.74, 6) is -18.7. The standard InChI is InChI=1S/C20H31F9O2/c21-17(22,18(23,24)19(25,26)20(27,28)29)13-9-7-5-3-1-2-4-6-8-10-14-30-16-12-11-15-31-16/h16H,1-15H2. The Morgan fingerprint density at radius 2 is 1.13 bits per heavy atom. The average molecular weight is 474 g/mol. The van der Waals surface area contributed by atoms with Crippen LogP contribution in [0.5, 0.6) is 0 Å². The molecule has 0 aromatic carbocycles. The quantitative estimate of drug-likeness (QED) is 0.167. The van der Waals surface area contributed by atoms with Crippen LogP contribution in [0.3, 0.4) is 0 Å². The Hall–Kier alpha value is -0.710. The van der Waals surface area contributed by atoms with E-state index < -0.39 is 36.8 Å². The molecule has 0 radical (unpaired) electrons. The maximum absolute atomic E-state index is 13.4. The molecule has 1 unspecified atom stereocenters. The van der Waals surface area contributed by atoms with E-state index in [4.69, 9.17) is 9.47 Å². The lowest BCUT2D eigenvalue weighted by Crippen LogP contribution is -2.60. The van der Waals surface area contributed by atoms with E-state index in [2.05, 4.69) is 0 Å². The van der Waals surface area contributed by atoms with Crippen molar-refractivity contribution in [3.63, 3.8) is 0 Å². The number of rotatable bonds is 16. The molecular formula is C20H31F9O2. The molecule has 1 heterocycles. The maximum Gasteiger partial charge on any atom is 0.460 e. The number of hydrogen-bond donors (Lipinski definition) is 0. The van der Waals surface area contributed by atoms with Crippen molar-refractivity contribution < 1.29 is 49.0 Å². The zero-order valence-electron chi connectivity index (χ0n) is 17.4. The van der Waals surface area contributed by atoms with Gasteiger partial charge in [0.2, 0.25) is 0 Å². The number of ether oxygens (including phenoxy) is 2. The van der Waals surface area contributed by atoms with E-state index in [1.807, 2.05) is 0 Å². The average Bonchev–Trinajstić information content (AvgIpc) is 3.17. The monoisotopic (exact) mass is 474 g/mol. The van der Waals surface area contributed by atoms with Gasteiger partial charge in [0.25, 0.3) is 0 Å². The molecular weight excluding hydrogens is 443 g/mol. The molecule has 0 N–H and O–H groups in total. The molecule has 2 nitrogen and oxygen atoms in total. The smallest absolute Gasteiger partial charge is 0.353 e. The van der Waals surface area contributed by atoms with Crippen LogP contribution in [0.25, 0.3) is 0 Å². The third-order valence-corrected chi connectivity index (χ3v) is 5.29. The maximum atomic E-state index is 13.4. The van der Waals surface area contributed by atoms with Gasteiger partial charge in [0.05, 0.1) is 0 Å². The summed E-state index contributed by atoms with van der Waals surface area (Å²) in [4.78, 5) is 0. The van der Waals surface area contributed by atoms with Crippen LogP contribution < -0.4 is 0 Å². The third-order valence-electron chi connectivity index (χ3n) is 5.29. The van der Waals surface area contributed by atoms with Crippen molar-refractivity contribution >= 4 is 0 Å². The van der Waals surface area contributed by atoms with Crippen molar-refractivity contribution in [2.75, 3.05) is 13.2 Å². The Morgan fingerprint density at radius 3 is 1.58 bits per heavy atom. The Morgan fingerprint density at radius 1 is 0.645 bits per heavy atom. The lowest BCUT2D eigenvalue weighted by Gasteiger charge is -2.33. The predicted octanol–water partition coefficient (Wildman–Crippen LogP) is 7.90. The molecule has 0 aliphatic carbocycles. The van der Waals surface area contributed by atoms with Gasteiger partial charge in [-0.2, -0.15) is 39.5 Å². The summed E-state index contributed by atoms with van der Waals surface area (Å²) in [6.07, 6.45) is -0.341. The van der Waals surface area contributed by atoms with Gasteiger partial charge < -0.3 is 9.47 Å². The van der Waals surface area contributed by atoms with E-state index >= 15 is 0 Å². The van der Waals surface area contributed by atoms with Crippen LogP contribution >= 0.6 is 0 Å². The molecule has 0 bridgehead atoms. The fourth-order valence-electron chi connectivity index (χ4n) is 3.32. The van der Waals surface area contributed by atoms with E-state index in [0.717, 1.165) is 58.0 Å². The number of halogens is 9. The van der Waals surface area contributed by atoms with Crippen LogP contribution in [0.4, 0.5) is 39.5 Å². The summed E-state index contributed by atoms with van der Waals surface area (Å²) in [5, 5.41) is 0. The first-order chi connectivity index (χ1) is 14.3. The van der Waals surface area contributed by atoms with Crippen molar-refractivity contribution in [1.82, 2.24) is 0 Å². The van der Waals surface area contributed by atoms with Crippen LogP contribution in [0.1, 0.15) is 83.5 Å². The van der Waals surface area contributed by atoms with E-state index in [1.54, 1.807) is 0 Å². The highest BCUT2D eigenvalue weighted by atomic mass is 19.4. The first-order valence-electron chi connectivity index (χ1n) is 10.8. The number of hydrogen-bond acceptors (Lipinski definition) is 2. The van der Waals surface area contributed by atoms with E-state index in [-0.39, 0.29) is 12.7 Å². The van der Waals surface area contributed by atoms with Gasteiger partial charge in [-0.1, -0.05) is 51.4 Å². The first kappa shape index (κ1) is 28.3. The van der Waals surface area contributed by atoms with Gasteiger partial charge in [0.15, 0.2) is 6.29 Å². The highest BCUT2D eigenvalue weighted by molar-refractivity contribution is 5.00. The highest BCUT2D eigenvalue weighted by Gasteiger charge is 2.81. The van der Waals surface area contributed by atoms with Crippen molar-refractivity contribution in [2.24, 2.45) is 0 Å². The van der Waals surface area contributed by atoms with Gasteiger partial charge in [-0.25, -0.2) is 0 Å². The lowest BCUT2D eigenvalue weighted by atomic mass is 9.97. The van der Waals surface area contributed by atoms with E-state index in [9.17, 15) is 39.5 Å². The second kappa shape index (κ2) is 12.5. The van der Waals surface area contributed by atoms with E-state index in [0.29, 0.717) is 19.4 Å². The molecule has 1 fully saturated rings. The fraction of sp³-hybridized carbons (Fsp3) is 1.00. The zero-order valence-corrected chi connectivity index (χ0v) is 17.4. The summed E-state index contributed by atoms with van der Waals surface area (Å²) >= 11 is 0. The molecule has 0 aromatic rings. The van der Waals surface area contributed by atoms with Crippen molar-refractivity contribution in [2.45, 2.75) is 114 Å². The van der Waals surface area contributed by atoms with Crippen LogP contribution in [-0.2, 0) is 9.47 Å². The lowest BCUT2D eigenvalue weighted by molar-refractivity contribution is -0.396. The number of unbranched alkanes of at least 4 members (excludes halogenated alkanes) is 9. The summed E-state index contributed by atoms with van der Waals surface area (Å²) in [5.41, 5.74) is 0. The van der Waals surface area contributed by atoms with Crippen LogP contribution in [0, 0.1) is 0 Å². The Kier molecular flexibility index (Phi) is 11.4. The van der Waals surface area contributed by atoms with Crippen LogP contribution in [0.15, 0.2) is 0 Å². The summed E-state index contributed by atoms with van der Waals surface area (Å²) in [7, 11) is 0. The zero-order chi connectivity index (χ0) is 23.6. The highest BCUT2D eigenvalue weighted by Crippen LogP contribution is 2.54. The second-order valence-electron chi connectivity index (χ2n) is 7.95. The van der Waals surface area contributed by atoms with E-state index in [1.165, 1.54) is 0 Å². The number of alkyl halides is 9. The Labute approximate surface area is 176 Å². The fourth-order valence-corrected chi connectivity index (χ4v) is 3.32. The molecule has 0 saturated carbocycles. The largest absolute Gasteiger partial charge is 0.460 e. The minimum atomic E-state index is -6.79. The minimum absolute atomic E-state index is 0.0594. The van der Waals surface area contributed by atoms with Crippen molar-refractivity contribution in [3.05, 3.63) is 0 Å². The topological polar surface area (TPSA) is 18.5 Å². The van der Waals surface area contributed by atoms with Gasteiger partial charge in [-0.05, 0) is 19.3 Å². The minimum Gasteiger partial charge on any atom is -0.353 e. The van der Waals surface area contributed by atoms with Gasteiger partial charge in [-0.3, -0.25) is 0 Å². The van der Waals surface area contributed by atoms with Crippen molar-refractivity contribution in [1.29, 1.82) is 0 Å². The molecule has 1 saturated heterocycles. The first-order valence-corrected chi connectivity index (χ1v) is 10.8. The van der Waals surface area contributed by atoms with Gasteiger partial charge in [-0.15, -0.1) is 0 Å². The molecule has 1 aliphatic heterocycles. The van der Waals surface area contributed by atoms with Gasteiger partial charge >= 0.3 is 23.9 Å². The van der Waals surface area contributed by atoms with Crippen molar-refractivity contribution in [3.8, 4) is 0 Å². The van der Waals surface area contributed by atoms with Gasteiger partial charge in [0.1, 0.15) is 0 Å². The molecule has 1 aliphatic rings. The molecule has 1 atom stereocenters. The molecule has 0 amide bonds. The van der Waals surface area contributed by atoms with Crippen LogP contribution in [0.2, 0.25) is 0 Å². The predicted molar refractivity (Wildman–Crippen MR) is 96.6 cm³/mol.